The van der Waals surface area contributed by atoms with Gasteiger partial charge < -0.3 is 13.7 Å². The first kappa shape index (κ1) is 29.1. The van der Waals surface area contributed by atoms with E-state index >= 15 is 0 Å². The number of nitrogens with zero attached hydrogens (tertiary/aromatic N) is 1. The predicted molar refractivity (Wildman–Crippen MR) is 212 cm³/mol. The minimum absolute atomic E-state index is 0.839. The number of rotatable bonds is 6. The zero-order valence-electron chi connectivity index (χ0n) is 27.7. The summed E-state index contributed by atoms with van der Waals surface area (Å²) in [5.41, 5.74) is 13.6. The third kappa shape index (κ3) is 5.06. The highest BCUT2D eigenvalue weighted by Gasteiger charge is 2.19. The van der Waals surface area contributed by atoms with E-state index in [1.807, 2.05) is 12.1 Å². The molecule has 2 aromatic heterocycles. The van der Waals surface area contributed by atoms with Crippen LogP contribution in [0.15, 0.2) is 197 Å². The van der Waals surface area contributed by atoms with Gasteiger partial charge in [0.2, 0.25) is 0 Å². The van der Waals surface area contributed by atoms with Crippen molar-refractivity contribution < 1.29 is 8.83 Å². The molecule has 0 saturated heterocycles. The van der Waals surface area contributed by atoms with Gasteiger partial charge in [-0.05, 0) is 94.0 Å². The van der Waals surface area contributed by atoms with Gasteiger partial charge in [-0.2, -0.15) is 0 Å². The van der Waals surface area contributed by atoms with Crippen molar-refractivity contribution in [3.63, 3.8) is 0 Å². The zero-order valence-corrected chi connectivity index (χ0v) is 27.7. The van der Waals surface area contributed by atoms with E-state index in [2.05, 4.69) is 181 Å². The molecule has 51 heavy (non-hydrogen) atoms. The van der Waals surface area contributed by atoms with E-state index in [4.69, 9.17) is 8.83 Å². The Hall–Kier alpha value is -6.84. The average molecular weight is 654 g/mol. The highest BCUT2D eigenvalue weighted by molar-refractivity contribution is 6.18. The van der Waals surface area contributed by atoms with Crippen molar-refractivity contribution in [2.24, 2.45) is 0 Å². The van der Waals surface area contributed by atoms with Crippen molar-refractivity contribution in [3.05, 3.63) is 188 Å². The lowest BCUT2D eigenvalue weighted by Crippen LogP contribution is -2.09. The van der Waals surface area contributed by atoms with E-state index in [-0.39, 0.29) is 0 Å². The van der Waals surface area contributed by atoms with E-state index < -0.39 is 0 Å². The Kier molecular flexibility index (Phi) is 6.81. The van der Waals surface area contributed by atoms with Crippen LogP contribution in [0.25, 0.3) is 77.3 Å². The zero-order chi connectivity index (χ0) is 33.7. The van der Waals surface area contributed by atoms with Gasteiger partial charge in [0.25, 0.3) is 0 Å². The van der Waals surface area contributed by atoms with E-state index in [1.54, 1.807) is 0 Å². The molecule has 0 atom stereocenters. The van der Waals surface area contributed by atoms with Crippen LogP contribution in [0, 0.1) is 0 Å². The van der Waals surface area contributed by atoms with Crippen molar-refractivity contribution in [1.29, 1.82) is 0 Å². The average Bonchev–Trinajstić information content (AvgIpc) is 3.75. The smallest absolute Gasteiger partial charge is 0.136 e. The maximum absolute atomic E-state index is 6.54. The molecule has 0 aliphatic heterocycles. The van der Waals surface area contributed by atoms with Gasteiger partial charge in [-0.3, -0.25) is 0 Å². The van der Waals surface area contributed by atoms with Crippen molar-refractivity contribution >= 4 is 60.9 Å². The fraction of sp³-hybridized carbons (Fsp3) is 0. The molecule has 0 fully saturated rings. The molecule has 0 aliphatic carbocycles. The summed E-state index contributed by atoms with van der Waals surface area (Å²) in [5, 5.41) is 4.22. The number of anilines is 3. The SMILES string of the molecule is c1ccc(-c2ccc(N(c3ccc(-c4ccccc4)cc3)c3ccc4oc5cc6c(cc5c4c3)oc3cccc(-c4ccccc4)c36)cc2)cc1. The van der Waals surface area contributed by atoms with Crippen LogP contribution in [0.2, 0.25) is 0 Å². The Balaban J connectivity index is 1.12. The molecule has 3 heteroatoms. The number of fused-ring (bicyclic) bond motifs is 6. The Morgan fingerprint density at radius 2 is 0.765 bits per heavy atom. The summed E-state index contributed by atoms with van der Waals surface area (Å²) in [6, 6.07) is 66.1. The molecule has 0 radical (unpaired) electrons. The fourth-order valence-corrected chi connectivity index (χ4v) is 7.39. The normalized spacial score (nSPS) is 11.5. The van der Waals surface area contributed by atoms with Crippen LogP contribution >= 0.6 is 0 Å². The highest BCUT2D eigenvalue weighted by Crippen LogP contribution is 2.43. The van der Waals surface area contributed by atoms with Crippen molar-refractivity contribution in [2.75, 3.05) is 4.90 Å². The first-order valence-electron chi connectivity index (χ1n) is 17.2. The molecule has 8 aromatic carbocycles. The summed E-state index contributed by atoms with van der Waals surface area (Å²) < 4.78 is 13.0. The molecule has 240 valence electrons. The molecule has 10 rings (SSSR count). The molecule has 0 aliphatic rings. The molecule has 0 spiro atoms. The monoisotopic (exact) mass is 653 g/mol. The van der Waals surface area contributed by atoms with Crippen LogP contribution < -0.4 is 4.90 Å². The highest BCUT2D eigenvalue weighted by atomic mass is 16.3. The van der Waals surface area contributed by atoms with Crippen LogP contribution in [-0.4, -0.2) is 0 Å². The quantitative estimate of drug-likeness (QED) is 0.179. The third-order valence-corrected chi connectivity index (χ3v) is 9.88. The minimum atomic E-state index is 0.839. The second-order valence-electron chi connectivity index (χ2n) is 12.9. The molecule has 10 aromatic rings. The molecular formula is C48H31NO2. The van der Waals surface area contributed by atoms with Crippen LogP contribution in [-0.2, 0) is 0 Å². The summed E-state index contributed by atoms with van der Waals surface area (Å²) in [4.78, 5) is 2.31. The number of benzene rings is 8. The maximum Gasteiger partial charge on any atom is 0.136 e. The first-order valence-corrected chi connectivity index (χ1v) is 17.2. The van der Waals surface area contributed by atoms with Crippen molar-refractivity contribution in [1.82, 2.24) is 0 Å². The van der Waals surface area contributed by atoms with Gasteiger partial charge in [0.05, 0.1) is 0 Å². The Labute approximate surface area is 295 Å². The Bertz CT molecular complexity index is 2730. The lowest BCUT2D eigenvalue weighted by Gasteiger charge is -2.26. The lowest BCUT2D eigenvalue weighted by molar-refractivity contribution is 0.664. The Morgan fingerprint density at radius 3 is 1.37 bits per heavy atom. The van der Waals surface area contributed by atoms with Gasteiger partial charge in [0, 0.05) is 38.6 Å². The summed E-state index contributed by atoms with van der Waals surface area (Å²) in [6.45, 7) is 0. The first-order chi connectivity index (χ1) is 25.3. The van der Waals surface area contributed by atoms with Gasteiger partial charge in [-0.1, -0.05) is 127 Å². The summed E-state index contributed by atoms with van der Waals surface area (Å²) in [6.07, 6.45) is 0. The van der Waals surface area contributed by atoms with Crippen LogP contribution in [0.1, 0.15) is 0 Å². The molecule has 0 amide bonds. The minimum Gasteiger partial charge on any atom is -0.456 e. The summed E-state index contributed by atoms with van der Waals surface area (Å²) in [7, 11) is 0. The molecule has 2 heterocycles. The van der Waals surface area contributed by atoms with Crippen LogP contribution in [0.3, 0.4) is 0 Å². The number of hydrogen-bond donors (Lipinski definition) is 0. The number of furan rings is 2. The predicted octanol–water partition coefficient (Wildman–Crippen LogP) is 14.0. The summed E-state index contributed by atoms with van der Waals surface area (Å²) >= 11 is 0. The van der Waals surface area contributed by atoms with Gasteiger partial charge in [0.15, 0.2) is 0 Å². The van der Waals surface area contributed by atoms with E-state index in [1.165, 1.54) is 22.3 Å². The van der Waals surface area contributed by atoms with Gasteiger partial charge in [0.1, 0.15) is 22.3 Å². The molecule has 0 N–H and O–H groups in total. The largest absolute Gasteiger partial charge is 0.456 e. The van der Waals surface area contributed by atoms with Crippen LogP contribution in [0.4, 0.5) is 17.1 Å². The molecule has 0 saturated carbocycles. The van der Waals surface area contributed by atoms with Crippen molar-refractivity contribution in [2.45, 2.75) is 0 Å². The van der Waals surface area contributed by atoms with E-state index in [0.29, 0.717) is 0 Å². The third-order valence-electron chi connectivity index (χ3n) is 9.88. The van der Waals surface area contributed by atoms with Crippen molar-refractivity contribution in [3.8, 4) is 33.4 Å². The molecular weight excluding hydrogens is 623 g/mol. The van der Waals surface area contributed by atoms with Gasteiger partial charge in [-0.15, -0.1) is 0 Å². The summed E-state index contributed by atoms with van der Waals surface area (Å²) in [5.74, 6) is 0. The van der Waals surface area contributed by atoms with Gasteiger partial charge >= 0.3 is 0 Å². The topological polar surface area (TPSA) is 29.5 Å². The molecule has 3 nitrogen and oxygen atoms in total. The fourth-order valence-electron chi connectivity index (χ4n) is 7.39. The second-order valence-corrected chi connectivity index (χ2v) is 12.9. The van der Waals surface area contributed by atoms with Crippen LogP contribution in [0.5, 0.6) is 0 Å². The van der Waals surface area contributed by atoms with Gasteiger partial charge in [-0.25, -0.2) is 0 Å². The standard InChI is InChI=1S/C48H31NO2/c1-4-11-32(12-5-1)34-19-23-37(24-20-34)49(38-25-21-35(22-26-38)33-13-6-2-7-14-33)39-27-28-44-41(29-39)42-30-47-43(31-46(42)50-44)48-40(17-10-18-45(48)51-47)36-15-8-3-9-16-36/h1-31H. The maximum atomic E-state index is 6.54. The second kappa shape index (κ2) is 11.9. The van der Waals surface area contributed by atoms with E-state index in [0.717, 1.165) is 72.1 Å². The number of hydrogen-bond acceptors (Lipinski definition) is 3. The molecule has 0 unspecified atom stereocenters. The lowest BCUT2D eigenvalue weighted by atomic mass is 9.99. The Morgan fingerprint density at radius 1 is 0.294 bits per heavy atom. The molecule has 0 bridgehead atoms. The van der Waals surface area contributed by atoms with E-state index in [9.17, 15) is 0 Å².